The number of hydrogen-bond acceptors (Lipinski definition) is 6. The molecule has 1 saturated heterocycles. The van der Waals surface area contributed by atoms with Crippen molar-refractivity contribution in [3.05, 3.63) is 18.2 Å². The first kappa shape index (κ1) is 17.2. The lowest BCUT2D eigenvalue weighted by Crippen LogP contribution is -2.29. The Kier molecular flexibility index (Phi) is 4.84. The molecule has 0 aliphatic carbocycles. The van der Waals surface area contributed by atoms with Crippen molar-refractivity contribution in [2.45, 2.75) is 16.2 Å². The van der Waals surface area contributed by atoms with Crippen LogP contribution in [0, 0.1) is 0 Å². The molecule has 6 nitrogen and oxygen atoms in total. The number of sulfone groups is 2. The minimum atomic E-state index is -3.51. The van der Waals surface area contributed by atoms with Crippen molar-refractivity contribution in [2.24, 2.45) is 0 Å². The molecule has 1 aromatic carbocycles. The standard InChI is InChI=1S/C14H22N2O4S2/c1-15-7-4-8-16(10-9-15)13-6-5-12(21(2,17)18)11-14(13)22(3,19)20/h5-6,11H,4,7-10H2,1-3H3. The molecule has 0 radical (unpaired) electrons. The number of anilines is 1. The Morgan fingerprint density at radius 3 is 2.18 bits per heavy atom. The molecule has 1 aliphatic heterocycles. The SMILES string of the molecule is CN1CCCN(c2ccc(S(C)(=O)=O)cc2S(C)(=O)=O)CC1. The highest BCUT2D eigenvalue weighted by Crippen LogP contribution is 2.29. The summed E-state index contributed by atoms with van der Waals surface area (Å²) >= 11 is 0. The average molecular weight is 346 g/mol. The van der Waals surface area contributed by atoms with Gasteiger partial charge in [-0.15, -0.1) is 0 Å². The van der Waals surface area contributed by atoms with Crippen LogP contribution in [0.25, 0.3) is 0 Å². The Morgan fingerprint density at radius 1 is 0.909 bits per heavy atom. The van der Waals surface area contributed by atoms with Gasteiger partial charge in [0.25, 0.3) is 0 Å². The summed E-state index contributed by atoms with van der Waals surface area (Å²) in [6.07, 6.45) is 3.13. The quantitative estimate of drug-likeness (QED) is 0.799. The molecule has 22 heavy (non-hydrogen) atoms. The van der Waals surface area contributed by atoms with Crippen molar-refractivity contribution < 1.29 is 16.8 Å². The number of hydrogen-bond donors (Lipinski definition) is 0. The van der Waals surface area contributed by atoms with E-state index in [1.807, 2.05) is 11.9 Å². The first-order valence-electron chi connectivity index (χ1n) is 7.07. The van der Waals surface area contributed by atoms with Crippen LogP contribution >= 0.6 is 0 Å². The molecule has 1 heterocycles. The minimum Gasteiger partial charge on any atom is -0.369 e. The zero-order chi connectivity index (χ0) is 16.5. The molecule has 1 aromatic rings. The van der Waals surface area contributed by atoms with Crippen LogP contribution in [-0.4, -0.2) is 67.5 Å². The monoisotopic (exact) mass is 346 g/mol. The first-order valence-corrected chi connectivity index (χ1v) is 10.8. The molecule has 0 aromatic heterocycles. The van der Waals surface area contributed by atoms with E-state index < -0.39 is 19.7 Å². The maximum atomic E-state index is 12.1. The van der Waals surface area contributed by atoms with E-state index in [9.17, 15) is 16.8 Å². The third-order valence-corrected chi connectivity index (χ3v) is 6.06. The average Bonchev–Trinajstić information content (AvgIpc) is 2.61. The number of benzene rings is 1. The first-order chi connectivity index (χ1) is 10.1. The molecule has 0 atom stereocenters. The van der Waals surface area contributed by atoms with Crippen LogP contribution in [0.3, 0.4) is 0 Å². The summed E-state index contributed by atoms with van der Waals surface area (Å²) in [6, 6.07) is 4.36. The van der Waals surface area contributed by atoms with E-state index in [1.165, 1.54) is 12.1 Å². The van der Waals surface area contributed by atoms with Crippen LogP contribution < -0.4 is 4.90 Å². The molecule has 0 N–H and O–H groups in total. The van der Waals surface area contributed by atoms with Crippen LogP contribution in [0.4, 0.5) is 5.69 Å². The summed E-state index contributed by atoms with van der Waals surface area (Å²) in [5.74, 6) is 0. The third-order valence-electron chi connectivity index (χ3n) is 3.82. The second kappa shape index (κ2) is 6.17. The summed E-state index contributed by atoms with van der Waals surface area (Å²) in [5, 5.41) is 0. The Labute approximate surface area is 132 Å². The van der Waals surface area contributed by atoms with Crippen LogP contribution in [0.2, 0.25) is 0 Å². The maximum Gasteiger partial charge on any atom is 0.177 e. The van der Waals surface area contributed by atoms with Gasteiger partial charge in [-0.05, 0) is 38.2 Å². The summed E-state index contributed by atoms with van der Waals surface area (Å²) in [5.41, 5.74) is 0.588. The third kappa shape index (κ3) is 3.99. The van der Waals surface area contributed by atoms with Crippen molar-refractivity contribution in [3.8, 4) is 0 Å². The van der Waals surface area contributed by atoms with E-state index in [1.54, 1.807) is 6.07 Å². The van der Waals surface area contributed by atoms with Crippen LogP contribution in [0.15, 0.2) is 28.0 Å². The van der Waals surface area contributed by atoms with E-state index >= 15 is 0 Å². The zero-order valence-corrected chi connectivity index (χ0v) is 14.7. The Bertz CT molecular complexity index is 757. The Hall–Kier alpha value is -1.12. The molecule has 0 spiro atoms. The van der Waals surface area contributed by atoms with Crippen molar-refractivity contribution in [1.29, 1.82) is 0 Å². The minimum absolute atomic E-state index is 0.0311. The predicted molar refractivity (Wildman–Crippen MR) is 87.0 cm³/mol. The molecule has 0 amide bonds. The van der Waals surface area contributed by atoms with Gasteiger partial charge in [-0.25, -0.2) is 16.8 Å². The number of likely N-dealkylation sites (N-methyl/N-ethyl adjacent to an activating group) is 1. The number of rotatable bonds is 3. The lowest BCUT2D eigenvalue weighted by atomic mass is 10.2. The Morgan fingerprint density at radius 2 is 1.59 bits per heavy atom. The van der Waals surface area contributed by atoms with E-state index in [4.69, 9.17) is 0 Å². The van der Waals surface area contributed by atoms with Gasteiger partial charge < -0.3 is 9.80 Å². The molecule has 8 heteroatoms. The predicted octanol–water partition coefficient (Wildman–Crippen LogP) is 0.635. The molecular weight excluding hydrogens is 324 g/mol. The van der Waals surface area contributed by atoms with E-state index in [0.29, 0.717) is 5.69 Å². The smallest absolute Gasteiger partial charge is 0.177 e. The maximum absolute atomic E-state index is 12.1. The summed E-state index contributed by atoms with van der Waals surface area (Å²) < 4.78 is 47.6. The van der Waals surface area contributed by atoms with E-state index in [-0.39, 0.29) is 9.79 Å². The van der Waals surface area contributed by atoms with Gasteiger partial charge in [0.15, 0.2) is 19.7 Å². The van der Waals surface area contributed by atoms with Crippen molar-refractivity contribution in [2.75, 3.05) is 50.6 Å². The van der Waals surface area contributed by atoms with Crippen LogP contribution in [0.1, 0.15) is 6.42 Å². The summed E-state index contributed by atoms with van der Waals surface area (Å²) in [7, 11) is -4.92. The molecule has 0 bridgehead atoms. The Balaban J connectivity index is 2.51. The fourth-order valence-corrected chi connectivity index (χ4v) is 4.21. The van der Waals surface area contributed by atoms with E-state index in [2.05, 4.69) is 4.90 Å². The van der Waals surface area contributed by atoms with E-state index in [0.717, 1.165) is 45.1 Å². The fourth-order valence-electron chi connectivity index (χ4n) is 2.57. The van der Waals surface area contributed by atoms with Gasteiger partial charge in [0.2, 0.25) is 0 Å². The highest BCUT2D eigenvalue weighted by Gasteiger charge is 2.22. The van der Waals surface area contributed by atoms with Gasteiger partial charge in [0, 0.05) is 32.1 Å². The number of nitrogens with zero attached hydrogens (tertiary/aromatic N) is 2. The second-order valence-corrected chi connectivity index (χ2v) is 9.82. The molecule has 0 saturated carbocycles. The molecular formula is C14H22N2O4S2. The van der Waals surface area contributed by atoms with Crippen molar-refractivity contribution >= 4 is 25.4 Å². The lowest BCUT2D eigenvalue weighted by molar-refractivity contribution is 0.360. The van der Waals surface area contributed by atoms with Gasteiger partial charge in [0.1, 0.15) is 0 Å². The molecule has 0 unspecified atom stereocenters. The normalized spacial score (nSPS) is 18.2. The van der Waals surface area contributed by atoms with Gasteiger partial charge in [-0.1, -0.05) is 0 Å². The summed E-state index contributed by atoms with van der Waals surface area (Å²) in [6.45, 7) is 3.28. The topological polar surface area (TPSA) is 74.8 Å². The van der Waals surface area contributed by atoms with Gasteiger partial charge >= 0.3 is 0 Å². The molecule has 1 aliphatic rings. The largest absolute Gasteiger partial charge is 0.369 e. The van der Waals surface area contributed by atoms with Gasteiger partial charge in [0.05, 0.1) is 15.5 Å². The zero-order valence-electron chi connectivity index (χ0n) is 13.1. The van der Waals surface area contributed by atoms with Crippen molar-refractivity contribution in [3.63, 3.8) is 0 Å². The fraction of sp³-hybridized carbons (Fsp3) is 0.571. The van der Waals surface area contributed by atoms with Crippen LogP contribution in [0.5, 0.6) is 0 Å². The van der Waals surface area contributed by atoms with Crippen LogP contribution in [-0.2, 0) is 19.7 Å². The highest BCUT2D eigenvalue weighted by molar-refractivity contribution is 7.91. The van der Waals surface area contributed by atoms with Gasteiger partial charge in [-0.2, -0.15) is 0 Å². The van der Waals surface area contributed by atoms with Crippen molar-refractivity contribution in [1.82, 2.24) is 4.90 Å². The molecule has 1 fully saturated rings. The second-order valence-electron chi connectivity index (χ2n) is 5.82. The van der Waals surface area contributed by atoms with Gasteiger partial charge in [-0.3, -0.25) is 0 Å². The summed E-state index contributed by atoms with van der Waals surface area (Å²) in [4.78, 5) is 4.33. The lowest BCUT2D eigenvalue weighted by Gasteiger charge is -2.25. The molecule has 2 rings (SSSR count). The highest BCUT2D eigenvalue weighted by atomic mass is 32.2. The molecule has 124 valence electrons.